The molecule has 0 N–H and O–H groups in total. The molecule has 0 spiro atoms. The molecule has 0 aromatic rings. The minimum atomic E-state index is -0.163. The molecule has 0 saturated heterocycles. The summed E-state index contributed by atoms with van der Waals surface area (Å²) in [7, 11) is 1.82. The number of nitrogens with zero attached hydrogens (tertiary/aromatic N) is 1. The van der Waals surface area contributed by atoms with E-state index in [2.05, 4.69) is 0 Å². The van der Waals surface area contributed by atoms with Crippen molar-refractivity contribution in [2.75, 3.05) is 20.2 Å². The topological polar surface area (TPSA) is 46.6 Å². The summed E-state index contributed by atoms with van der Waals surface area (Å²) in [5.74, 6) is 0.382. The van der Waals surface area contributed by atoms with Crippen LogP contribution in [0.3, 0.4) is 0 Å². The second kappa shape index (κ2) is 8.18. The number of hydrogen-bond acceptors (Lipinski definition) is 3. The lowest BCUT2D eigenvalue weighted by atomic mass is 9.85. The fraction of sp³-hybridized carbons (Fsp3) is 0.867. The van der Waals surface area contributed by atoms with E-state index in [4.69, 9.17) is 4.74 Å². The average molecular weight is 271 g/mol. The van der Waals surface area contributed by atoms with Crippen molar-refractivity contribution in [3.05, 3.63) is 0 Å². The van der Waals surface area contributed by atoms with E-state index < -0.39 is 0 Å². The molecule has 0 saturated carbocycles. The summed E-state index contributed by atoms with van der Waals surface area (Å²) in [6.07, 6.45) is 1.77. The van der Waals surface area contributed by atoms with Crippen LogP contribution in [-0.2, 0) is 14.3 Å². The Labute approximate surface area is 117 Å². The molecule has 0 heterocycles. The summed E-state index contributed by atoms with van der Waals surface area (Å²) < 4.78 is 4.97. The zero-order valence-electron chi connectivity index (χ0n) is 13.3. The Bertz CT molecular complexity index is 298. The van der Waals surface area contributed by atoms with Gasteiger partial charge in [-0.2, -0.15) is 0 Å². The first-order valence-electron chi connectivity index (χ1n) is 7.07. The number of carbonyl (C=O) groups is 2. The van der Waals surface area contributed by atoms with Crippen LogP contribution in [0.5, 0.6) is 0 Å². The van der Waals surface area contributed by atoms with Crippen LogP contribution in [0, 0.1) is 11.3 Å². The van der Waals surface area contributed by atoms with Gasteiger partial charge in [0, 0.05) is 20.0 Å². The van der Waals surface area contributed by atoms with Crippen LogP contribution in [0.25, 0.3) is 0 Å². The highest BCUT2D eigenvalue weighted by molar-refractivity contribution is 5.76. The van der Waals surface area contributed by atoms with Gasteiger partial charge in [-0.3, -0.25) is 9.59 Å². The number of ether oxygens (including phenoxy) is 1. The Balaban J connectivity index is 4.15. The number of esters is 1. The van der Waals surface area contributed by atoms with Crippen LogP contribution in [0.4, 0.5) is 0 Å². The molecule has 4 nitrogen and oxygen atoms in total. The maximum atomic E-state index is 11.8. The first-order chi connectivity index (χ1) is 8.68. The van der Waals surface area contributed by atoms with Gasteiger partial charge in [0.2, 0.25) is 5.91 Å². The smallest absolute Gasteiger partial charge is 0.306 e. The summed E-state index contributed by atoms with van der Waals surface area (Å²) in [6.45, 7) is 11.0. The van der Waals surface area contributed by atoms with Gasteiger partial charge in [0.25, 0.3) is 0 Å². The SMILES string of the molecule is CCOC(=O)CC(C)(C)CCN(C)C(=O)CC(C)C. The lowest BCUT2D eigenvalue weighted by Gasteiger charge is -2.27. The lowest BCUT2D eigenvalue weighted by Crippen LogP contribution is -2.32. The zero-order valence-corrected chi connectivity index (χ0v) is 13.3. The van der Waals surface area contributed by atoms with E-state index in [-0.39, 0.29) is 17.3 Å². The predicted octanol–water partition coefficient (Wildman–Crippen LogP) is 2.86. The number of hydrogen-bond donors (Lipinski definition) is 0. The molecule has 0 aliphatic heterocycles. The van der Waals surface area contributed by atoms with Gasteiger partial charge in [-0.1, -0.05) is 27.7 Å². The summed E-state index contributed by atoms with van der Waals surface area (Å²) in [4.78, 5) is 25.1. The minimum Gasteiger partial charge on any atom is -0.466 e. The van der Waals surface area contributed by atoms with Crippen molar-refractivity contribution in [1.29, 1.82) is 0 Å². The van der Waals surface area contributed by atoms with Crippen LogP contribution in [0.1, 0.15) is 53.9 Å². The van der Waals surface area contributed by atoms with Crippen molar-refractivity contribution in [1.82, 2.24) is 4.90 Å². The predicted molar refractivity (Wildman–Crippen MR) is 76.7 cm³/mol. The van der Waals surface area contributed by atoms with Crippen molar-refractivity contribution in [3.8, 4) is 0 Å². The maximum Gasteiger partial charge on any atom is 0.306 e. The van der Waals surface area contributed by atoms with Gasteiger partial charge in [-0.15, -0.1) is 0 Å². The van der Waals surface area contributed by atoms with E-state index in [0.717, 1.165) is 6.42 Å². The van der Waals surface area contributed by atoms with Crippen LogP contribution in [0.15, 0.2) is 0 Å². The minimum absolute atomic E-state index is 0.140. The first kappa shape index (κ1) is 17.9. The molecule has 0 aromatic heterocycles. The molecule has 0 bridgehead atoms. The molecule has 0 rings (SSSR count). The van der Waals surface area contributed by atoms with Gasteiger partial charge in [0.05, 0.1) is 13.0 Å². The quantitative estimate of drug-likeness (QED) is 0.638. The number of amides is 1. The van der Waals surface area contributed by atoms with Crippen LogP contribution in [-0.4, -0.2) is 37.0 Å². The number of carbonyl (C=O) groups excluding carboxylic acids is 2. The van der Waals surface area contributed by atoms with Crippen molar-refractivity contribution >= 4 is 11.9 Å². The molecule has 0 aromatic carbocycles. The van der Waals surface area contributed by atoms with E-state index in [1.807, 2.05) is 41.7 Å². The monoisotopic (exact) mass is 271 g/mol. The van der Waals surface area contributed by atoms with Gasteiger partial charge >= 0.3 is 5.97 Å². The fourth-order valence-corrected chi connectivity index (χ4v) is 1.79. The highest BCUT2D eigenvalue weighted by Gasteiger charge is 2.24. The van der Waals surface area contributed by atoms with Crippen LogP contribution >= 0.6 is 0 Å². The maximum absolute atomic E-state index is 11.8. The third-order valence-electron chi connectivity index (χ3n) is 3.06. The second-order valence-electron chi connectivity index (χ2n) is 6.31. The standard InChI is InChI=1S/C15H29NO3/c1-7-19-14(18)11-15(4,5)8-9-16(6)13(17)10-12(2)3/h12H,7-11H2,1-6H3. The molecule has 0 fully saturated rings. The summed E-state index contributed by atoms with van der Waals surface area (Å²) in [5, 5.41) is 0. The Morgan fingerprint density at radius 3 is 2.32 bits per heavy atom. The van der Waals surface area contributed by atoms with Gasteiger partial charge in [-0.05, 0) is 24.7 Å². The van der Waals surface area contributed by atoms with Gasteiger partial charge in [-0.25, -0.2) is 0 Å². The third kappa shape index (κ3) is 8.62. The molecule has 112 valence electrons. The van der Waals surface area contributed by atoms with E-state index in [9.17, 15) is 9.59 Å². The summed E-state index contributed by atoms with van der Waals surface area (Å²) in [6, 6.07) is 0. The van der Waals surface area contributed by atoms with E-state index in [1.54, 1.807) is 4.90 Å². The molecule has 0 radical (unpaired) electrons. The Morgan fingerprint density at radius 1 is 1.26 bits per heavy atom. The highest BCUT2D eigenvalue weighted by Crippen LogP contribution is 2.25. The summed E-state index contributed by atoms with van der Waals surface area (Å²) >= 11 is 0. The Kier molecular flexibility index (Phi) is 7.72. The fourth-order valence-electron chi connectivity index (χ4n) is 1.79. The summed E-state index contributed by atoms with van der Waals surface area (Å²) in [5.41, 5.74) is -0.140. The normalized spacial score (nSPS) is 11.5. The number of rotatable bonds is 8. The van der Waals surface area contributed by atoms with Gasteiger partial charge in [0.1, 0.15) is 0 Å². The van der Waals surface area contributed by atoms with Gasteiger partial charge < -0.3 is 9.64 Å². The highest BCUT2D eigenvalue weighted by atomic mass is 16.5. The largest absolute Gasteiger partial charge is 0.466 e. The molecule has 1 amide bonds. The van der Waals surface area contributed by atoms with Crippen molar-refractivity contribution in [3.63, 3.8) is 0 Å². The van der Waals surface area contributed by atoms with Crippen molar-refractivity contribution in [2.45, 2.75) is 53.9 Å². The first-order valence-corrected chi connectivity index (χ1v) is 7.07. The van der Waals surface area contributed by atoms with Crippen LogP contribution < -0.4 is 0 Å². The molecule has 0 unspecified atom stereocenters. The Morgan fingerprint density at radius 2 is 1.84 bits per heavy atom. The van der Waals surface area contributed by atoms with Crippen molar-refractivity contribution < 1.29 is 14.3 Å². The Hall–Kier alpha value is -1.06. The molecule has 0 aliphatic carbocycles. The van der Waals surface area contributed by atoms with E-state index >= 15 is 0 Å². The van der Waals surface area contributed by atoms with Gasteiger partial charge in [0.15, 0.2) is 0 Å². The average Bonchev–Trinajstić information content (AvgIpc) is 2.24. The van der Waals surface area contributed by atoms with E-state index in [0.29, 0.717) is 31.9 Å². The second-order valence-corrected chi connectivity index (χ2v) is 6.31. The molecular formula is C15H29NO3. The molecule has 4 heteroatoms. The zero-order chi connectivity index (χ0) is 15.1. The van der Waals surface area contributed by atoms with E-state index in [1.165, 1.54) is 0 Å². The molecule has 19 heavy (non-hydrogen) atoms. The molecule has 0 aliphatic rings. The van der Waals surface area contributed by atoms with Crippen molar-refractivity contribution in [2.24, 2.45) is 11.3 Å². The molecule has 0 atom stereocenters. The third-order valence-corrected chi connectivity index (χ3v) is 3.06. The molecular weight excluding hydrogens is 242 g/mol. The lowest BCUT2D eigenvalue weighted by molar-refractivity contribution is -0.145. The van der Waals surface area contributed by atoms with Crippen LogP contribution in [0.2, 0.25) is 0 Å².